The molecule has 0 aliphatic rings. The molecule has 0 N–H and O–H groups in total. The van der Waals surface area contributed by atoms with Gasteiger partial charge in [-0.3, -0.25) is 0 Å². The molecule has 0 saturated heterocycles. The van der Waals surface area contributed by atoms with E-state index in [2.05, 4.69) is 287 Å². The van der Waals surface area contributed by atoms with Crippen molar-refractivity contribution in [2.24, 2.45) is 0 Å². The van der Waals surface area contributed by atoms with Crippen molar-refractivity contribution in [2.75, 3.05) is 0 Å². The van der Waals surface area contributed by atoms with E-state index < -0.39 is 0 Å². The zero-order valence-electron chi connectivity index (χ0n) is 46.8. The van der Waals surface area contributed by atoms with Gasteiger partial charge in [-0.05, 0) is 150 Å². The summed E-state index contributed by atoms with van der Waals surface area (Å²) >= 11 is 0. The first-order chi connectivity index (χ1) is 43.2. The van der Waals surface area contributed by atoms with Crippen LogP contribution in [0.4, 0.5) is 0 Å². The number of hydrogen-bond acceptors (Lipinski definition) is 0. The minimum atomic E-state index is 1.16. The van der Waals surface area contributed by atoms with E-state index in [1.54, 1.807) is 0 Å². The highest BCUT2D eigenvalue weighted by atomic mass is 15.1. The second kappa shape index (κ2) is 15.8. The maximum absolute atomic E-state index is 2.67. The van der Waals surface area contributed by atoms with E-state index in [0.29, 0.717) is 0 Å². The maximum Gasteiger partial charge on any atom is 0.0663 e. The fraction of sp³-hybridized carbons (Fsp3) is 0. The molecule has 0 saturated carbocycles. The Balaban J connectivity index is 0.986. The number of hydrogen-bond donors (Lipinski definition) is 0. The van der Waals surface area contributed by atoms with Crippen molar-refractivity contribution in [1.82, 2.24) is 13.7 Å². The maximum atomic E-state index is 2.67. The van der Waals surface area contributed by atoms with Crippen molar-refractivity contribution in [2.45, 2.75) is 0 Å². The lowest BCUT2D eigenvalue weighted by molar-refractivity contribution is 1.19. The number of nitrogens with zero attached hydrogens (tertiary/aromatic N) is 3. The molecule has 0 unspecified atom stereocenters. The van der Waals surface area contributed by atoms with E-state index in [9.17, 15) is 0 Å². The zero-order chi connectivity index (χ0) is 56.1. The molecule has 3 aromatic heterocycles. The van der Waals surface area contributed by atoms with Gasteiger partial charge in [0.1, 0.15) is 0 Å². The van der Waals surface area contributed by atoms with Crippen LogP contribution in [0.5, 0.6) is 0 Å². The van der Waals surface area contributed by atoms with Crippen LogP contribution in [0.25, 0.3) is 212 Å². The summed E-state index contributed by atoms with van der Waals surface area (Å²) in [5.74, 6) is 0. The van der Waals surface area contributed by atoms with Crippen LogP contribution in [0, 0.1) is 0 Å². The van der Waals surface area contributed by atoms with Gasteiger partial charge in [-0.25, -0.2) is 0 Å². The van der Waals surface area contributed by atoms with Crippen molar-refractivity contribution < 1.29 is 0 Å². The third kappa shape index (κ3) is 5.35. The summed E-state index contributed by atoms with van der Waals surface area (Å²) in [6.07, 6.45) is 0. The smallest absolute Gasteiger partial charge is 0.0663 e. The van der Waals surface area contributed by atoms with Crippen molar-refractivity contribution in [3.05, 3.63) is 273 Å². The molecule has 22 aromatic rings. The molecule has 3 heterocycles. The van der Waals surface area contributed by atoms with Crippen molar-refractivity contribution in [3.8, 4) is 17.1 Å². The quantitative estimate of drug-likeness (QED) is 0.124. The van der Waals surface area contributed by atoms with Gasteiger partial charge >= 0.3 is 0 Å². The minimum absolute atomic E-state index is 1.16. The summed E-state index contributed by atoms with van der Waals surface area (Å²) in [7, 11) is 0. The number of aromatic nitrogens is 3. The van der Waals surface area contributed by atoms with Gasteiger partial charge < -0.3 is 13.7 Å². The van der Waals surface area contributed by atoms with E-state index in [1.165, 1.54) is 195 Å². The molecule has 0 radical (unpaired) electrons. The SMILES string of the molecule is c1cc2cccc3c4ccc(-n5c6ccccc6c6c5c5c7ccccc7n(-c7ccc8c9cccc%10cccc(c%11cccc7c%118)c%109)c5c5c7ccccc7n(-c7ccc8c9cccc%10cccc(c%11cccc7c%118)c%109)c65)c5cccc(c(c1)c23)c54. The molecule has 0 bridgehead atoms. The van der Waals surface area contributed by atoms with Crippen molar-refractivity contribution >= 4 is 195 Å². The second-order valence-electron chi connectivity index (χ2n) is 24.4. The van der Waals surface area contributed by atoms with Gasteiger partial charge in [-0.1, -0.05) is 237 Å². The van der Waals surface area contributed by atoms with E-state index in [1.807, 2.05) is 0 Å². The Morgan fingerprint density at radius 1 is 0.138 bits per heavy atom. The fourth-order valence-corrected chi connectivity index (χ4v) is 17.4. The highest BCUT2D eigenvalue weighted by Crippen LogP contribution is 2.54. The first kappa shape index (κ1) is 45.0. The predicted molar refractivity (Wildman–Crippen MR) is 373 cm³/mol. The average molecular weight is 1100 g/mol. The molecule has 19 aromatic carbocycles. The molecule has 87 heavy (non-hydrogen) atoms. The molecule has 0 atom stereocenters. The Kier molecular flexibility index (Phi) is 8.17. The van der Waals surface area contributed by atoms with Gasteiger partial charge in [-0.2, -0.15) is 0 Å². The fourth-order valence-electron chi connectivity index (χ4n) is 17.4. The van der Waals surface area contributed by atoms with Gasteiger partial charge in [0.15, 0.2) is 0 Å². The highest BCUT2D eigenvalue weighted by Gasteiger charge is 2.31. The molecular formula is C84H45N3. The molecule has 0 fully saturated rings. The summed E-state index contributed by atoms with van der Waals surface area (Å²) in [5.41, 5.74) is 10.6. The largest absolute Gasteiger partial charge is 0.308 e. The molecule has 0 aliphatic heterocycles. The molecule has 0 spiro atoms. The summed E-state index contributed by atoms with van der Waals surface area (Å²) in [6.45, 7) is 0. The van der Waals surface area contributed by atoms with Crippen molar-refractivity contribution in [1.29, 1.82) is 0 Å². The van der Waals surface area contributed by atoms with Gasteiger partial charge in [0.05, 0.1) is 50.2 Å². The lowest BCUT2D eigenvalue weighted by Crippen LogP contribution is -2.00. The molecule has 3 nitrogen and oxygen atoms in total. The van der Waals surface area contributed by atoms with Crippen LogP contribution < -0.4 is 0 Å². The Morgan fingerprint density at radius 3 is 0.621 bits per heavy atom. The minimum Gasteiger partial charge on any atom is -0.308 e. The van der Waals surface area contributed by atoms with Crippen LogP contribution in [-0.4, -0.2) is 13.7 Å². The summed E-state index contributed by atoms with van der Waals surface area (Å²) in [6, 6.07) is 104. The lowest BCUT2D eigenvalue weighted by atomic mass is 9.89. The summed E-state index contributed by atoms with van der Waals surface area (Å²) < 4.78 is 8.00. The van der Waals surface area contributed by atoms with Crippen LogP contribution in [-0.2, 0) is 0 Å². The van der Waals surface area contributed by atoms with Crippen LogP contribution in [0.1, 0.15) is 0 Å². The third-order valence-corrected chi connectivity index (χ3v) is 20.6. The Morgan fingerprint density at radius 2 is 0.345 bits per heavy atom. The van der Waals surface area contributed by atoms with E-state index >= 15 is 0 Å². The third-order valence-electron chi connectivity index (χ3n) is 20.6. The molecule has 22 rings (SSSR count). The topological polar surface area (TPSA) is 14.8 Å². The van der Waals surface area contributed by atoms with E-state index in [4.69, 9.17) is 0 Å². The van der Waals surface area contributed by atoms with Gasteiger partial charge in [0.2, 0.25) is 0 Å². The summed E-state index contributed by atoms with van der Waals surface area (Å²) in [5, 5.41) is 38.2. The number of fused-ring (bicyclic) bond motifs is 18. The standard InChI is InChI=1S/C84H45N3/c1-4-37-67-64(22-1)79-82(85(67)70-43-40-58-52-28-10-19-46-16-7-25-49(73(46)52)55-31-13-34-61(70)76(55)58)80-66-24-3-6-39-69(66)87(72-45-42-60-54-30-12-21-48-18-9-27-51(75(48)54)57-33-15-36-63(72)78(57)60)84(80)81-65-23-2-5-38-68(65)86(83(79)81)71-44-41-59-53-29-11-20-47-17-8-26-50(74(47)53)56-32-14-35-62(71)77(56)59/h1-45H. The number of rotatable bonds is 3. The average Bonchev–Trinajstić information content (AvgIpc) is 1.61. The van der Waals surface area contributed by atoms with Crippen molar-refractivity contribution in [3.63, 3.8) is 0 Å². The summed E-state index contributed by atoms with van der Waals surface area (Å²) in [4.78, 5) is 0. The Bertz CT molecular complexity index is 6030. The monoisotopic (exact) mass is 1100 g/mol. The normalized spacial score (nSPS) is 12.8. The first-order valence-electron chi connectivity index (χ1n) is 30.4. The predicted octanol–water partition coefficient (Wildman–Crippen LogP) is 23.1. The van der Waals surface area contributed by atoms with Crippen LogP contribution in [0.2, 0.25) is 0 Å². The lowest BCUT2D eigenvalue weighted by Gasteiger charge is -2.19. The Labute approximate surface area is 495 Å². The molecule has 0 amide bonds. The molecule has 3 heteroatoms. The number of benzene rings is 19. The van der Waals surface area contributed by atoms with Gasteiger partial charge in [0, 0.05) is 48.5 Å². The van der Waals surface area contributed by atoms with Crippen LogP contribution in [0.15, 0.2) is 273 Å². The van der Waals surface area contributed by atoms with E-state index in [-0.39, 0.29) is 0 Å². The van der Waals surface area contributed by atoms with Gasteiger partial charge in [0.25, 0.3) is 0 Å². The van der Waals surface area contributed by atoms with Crippen LogP contribution in [0.3, 0.4) is 0 Å². The molecule has 396 valence electrons. The van der Waals surface area contributed by atoms with E-state index in [0.717, 1.165) is 17.1 Å². The zero-order valence-corrected chi connectivity index (χ0v) is 46.8. The van der Waals surface area contributed by atoms with Crippen LogP contribution >= 0.6 is 0 Å². The number of para-hydroxylation sites is 3. The molecular weight excluding hydrogens is 1050 g/mol. The highest BCUT2D eigenvalue weighted by molar-refractivity contribution is 6.43. The Hall–Kier alpha value is -11.5. The molecule has 0 aliphatic carbocycles. The second-order valence-corrected chi connectivity index (χ2v) is 24.4. The first-order valence-corrected chi connectivity index (χ1v) is 30.4. The van der Waals surface area contributed by atoms with Gasteiger partial charge in [-0.15, -0.1) is 0 Å².